The molecule has 15 nitrogen and oxygen atoms in total. The van der Waals surface area contributed by atoms with Gasteiger partial charge in [0, 0.05) is 48.0 Å². The Labute approximate surface area is 197 Å². The van der Waals surface area contributed by atoms with Crippen molar-refractivity contribution in [1.29, 1.82) is 0 Å². The second kappa shape index (κ2) is 39.4. The number of carbonyl (C=O) groups excluding carboxylic acids is 2. The topological polar surface area (TPSA) is 267 Å². The number of hydrogen-bond acceptors (Lipinski definition) is 9. The van der Waals surface area contributed by atoms with Gasteiger partial charge in [-0.2, -0.15) is 0 Å². The van der Waals surface area contributed by atoms with Gasteiger partial charge in [0.15, 0.2) is 0 Å². The van der Waals surface area contributed by atoms with Crippen molar-refractivity contribution in [3.05, 3.63) is 0 Å². The standard InChI is InChI=1S/C7H12O3.6C2H4O2/c1-3-10-7(9)5-4-6(2)8;6*1-2(3)4/h3-5H2,1-2H3;6*1H3,(H,3,4). The summed E-state index contributed by atoms with van der Waals surface area (Å²) in [5, 5.41) is 44.5. The number of carboxylic acids is 6. The Balaban J connectivity index is -0.0000000526. The first-order valence-electron chi connectivity index (χ1n) is 8.88. The molecular formula is C19H36O15. The zero-order chi connectivity index (χ0) is 29.4. The summed E-state index contributed by atoms with van der Waals surface area (Å²) in [6.07, 6.45) is 0.502. The van der Waals surface area contributed by atoms with E-state index < -0.39 is 35.8 Å². The Kier molecular flexibility index (Phi) is 55.3. The minimum absolute atomic E-state index is 0.0213. The lowest BCUT2D eigenvalue weighted by Crippen LogP contribution is -2.05. The highest BCUT2D eigenvalue weighted by molar-refractivity contribution is 5.80. The zero-order valence-corrected chi connectivity index (χ0v) is 20.5. The van der Waals surface area contributed by atoms with E-state index in [-0.39, 0.29) is 18.2 Å². The molecule has 0 aromatic rings. The molecule has 0 amide bonds. The summed E-state index contributed by atoms with van der Waals surface area (Å²) in [7, 11) is 0. The van der Waals surface area contributed by atoms with Crippen LogP contribution in [0.5, 0.6) is 0 Å². The lowest BCUT2D eigenvalue weighted by Gasteiger charge is -1.97. The van der Waals surface area contributed by atoms with Gasteiger partial charge in [-0.15, -0.1) is 0 Å². The fraction of sp³-hybridized carbons (Fsp3) is 0.579. The molecule has 202 valence electrons. The Hall–Kier alpha value is -4.04. The second-order valence-electron chi connectivity index (χ2n) is 5.12. The molecular weight excluding hydrogens is 468 g/mol. The fourth-order valence-electron chi connectivity index (χ4n) is 0.511. The van der Waals surface area contributed by atoms with Crippen LogP contribution in [0.15, 0.2) is 0 Å². The smallest absolute Gasteiger partial charge is 0.306 e. The van der Waals surface area contributed by atoms with Crippen molar-refractivity contribution in [2.45, 2.75) is 68.2 Å². The second-order valence-corrected chi connectivity index (χ2v) is 5.12. The number of Topliss-reactive ketones (excluding diaryl/α,β-unsaturated/α-hetero) is 1. The van der Waals surface area contributed by atoms with Crippen molar-refractivity contribution in [2.24, 2.45) is 0 Å². The van der Waals surface area contributed by atoms with Crippen LogP contribution in [0, 0.1) is 0 Å². The van der Waals surface area contributed by atoms with E-state index in [1.54, 1.807) is 6.92 Å². The van der Waals surface area contributed by atoms with Crippen LogP contribution in [0.3, 0.4) is 0 Å². The van der Waals surface area contributed by atoms with Crippen LogP contribution in [0.2, 0.25) is 0 Å². The van der Waals surface area contributed by atoms with Gasteiger partial charge in [-0.1, -0.05) is 0 Å². The molecule has 0 spiro atoms. The molecule has 0 heterocycles. The molecule has 0 aliphatic heterocycles. The van der Waals surface area contributed by atoms with Crippen LogP contribution < -0.4 is 0 Å². The highest BCUT2D eigenvalue weighted by Crippen LogP contribution is 1.92. The van der Waals surface area contributed by atoms with Crippen molar-refractivity contribution < 1.29 is 73.7 Å². The number of hydrogen-bond donors (Lipinski definition) is 6. The minimum Gasteiger partial charge on any atom is -0.481 e. The number of ketones is 1. The van der Waals surface area contributed by atoms with Crippen LogP contribution in [0.4, 0.5) is 0 Å². The fourth-order valence-corrected chi connectivity index (χ4v) is 0.511. The number of rotatable bonds is 4. The summed E-state index contributed by atoms with van der Waals surface area (Å²) in [5.74, 6) is -5.27. The third kappa shape index (κ3) is 1300. The van der Waals surface area contributed by atoms with Crippen LogP contribution in [-0.4, -0.2) is 84.8 Å². The first-order chi connectivity index (χ1) is 15.1. The molecule has 0 unspecified atom stereocenters. The average Bonchev–Trinajstić information content (AvgIpc) is 2.50. The quantitative estimate of drug-likeness (QED) is 0.296. The SMILES string of the molecule is CC(=O)O.CC(=O)O.CC(=O)O.CC(=O)O.CC(=O)O.CC(=O)O.CCOC(=O)CCC(C)=O. The van der Waals surface area contributed by atoms with Gasteiger partial charge in [0.05, 0.1) is 13.0 Å². The van der Waals surface area contributed by atoms with Crippen LogP contribution in [0.1, 0.15) is 68.2 Å². The molecule has 6 N–H and O–H groups in total. The Morgan fingerprint density at radius 3 is 0.765 bits per heavy atom. The normalized spacial score (nSPS) is 7.06. The van der Waals surface area contributed by atoms with E-state index in [0.717, 1.165) is 41.5 Å². The highest BCUT2D eigenvalue weighted by atomic mass is 16.5. The van der Waals surface area contributed by atoms with E-state index >= 15 is 0 Å². The van der Waals surface area contributed by atoms with Gasteiger partial charge in [0.2, 0.25) is 0 Å². The molecule has 15 heteroatoms. The highest BCUT2D eigenvalue weighted by Gasteiger charge is 2.02. The summed E-state index contributed by atoms with van der Waals surface area (Å²) in [4.78, 5) is 74.9. The van der Waals surface area contributed by atoms with Crippen molar-refractivity contribution in [3.8, 4) is 0 Å². The van der Waals surface area contributed by atoms with E-state index in [1.807, 2.05) is 0 Å². The van der Waals surface area contributed by atoms with Gasteiger partial charge >= 0.3 is 5.97 Å². The predicted molar refractivity (Wildman–Crippen MR) is 116 cm³/mol. The zero-order valence-electron chi connectivity index (χ0n) is 20.5. The molecule has 0 aliphatic rings. The van der Waals surface area contributed by atoms with Crippen LogP contribution in [0.25, 0.3) is 0 Å². The van der Waals surface area contributed by atoms with Crippen molar-refractivity contribution in [1.82, 2.24) is 0 Å². The Morgan fingerprint density at radius 2 is 0.647 bits per heavy atom. The molecule has 0 rings (SSSR count). The molecule has 0 aromatic carbocycles. The molecule has 0 radical (unpaired) electrons. The Bertz CT molecular complexity index is 477. The van der Waals surface area contributed by atoms with Crippen molar-refractivity contribution in [2.75, 3.05) is 6.61 Å². The molecule has 0 aliphatic carbocycles. The number of carbonyl (C=O) groups is 8. The van der Waals surface area contributed by atoms with Gasteiger partial charge in [-0.25, -0.2) is 0 Å². The molecule has 0 bridgehead atoms. The first-order valence-corrected chi connectivity index (χ1v) is 8.88. The third-order valence-corrected chi connectivity index (χ3v) is 0.987. The monoisotopic (exact) mass is 504 g/mol. The van der Waals surface area contributed by atoms with Crippen molar-refractivity contribution >= 4 is 47.6 Å². The number of ether oxygens (including phenoxy) is 1. The lowest BCUT2D eigenvalue weighted by molar-refractivity contribution is -0.144. The van der Waals surface area contributed by atoms with Gasteiger partial charge < -0.3 is 40.2 Å². The van der Waals surface area contributed by atoms with Gasteiger partial charge in [-0.3, -0.25) is 33.6 Å². The maximum absolute atomic E-state index is 10.6. The van der Waals surface area contributed by atoms with E-state index in [9.17, 15) is 9.59 Å². The molecule has 0 aromatic heterocycles. The summed E-state index contributed by atoms with van der Waals surface area (Å²) in [6.45, 7) is 10.1. The summed E-state index contributed by atoms with van der Waals surface area (Å²) < 4.78 is 4.60. The summed E-state index contributed by atoms with van der Waals surface area (Å²) >= 11 is 0. The van der Waals surface area contributed by atoms with E-state index in [1.165, 1.54) is 6.92 Å². The predicted octanol–water partition coefficient (Wildman–Crippen LogP) is 1.46. The minimum atomic E-state index is -0.833. The molecule has 0 atom stereocenters. The van der Waals surface area contributed by atoms with Crippen LogP contribution in [-0.2, 0) is 43.1 Å². The van der Waals surface area contributed by atoms with E-state index in [4.69, 9.17) is 59.4 Å². The van der Waals surface area contributed by atoms with Gasteiger partial charge in [-0.05, 0) is 13.8 Å². The number of esters is 1. The maximum Gasteiger partial charge on any atom is 0.306 e. The average molecular weight is 504 g/mol. The summed E-state index contributed by atoms with van der Waals surface area (Å²) in [6, 6.07) is 0. The van der Waals surface area contributed by atoms with Crippen LogP contribution >= 0.6 is 0 Å². The van der Waals surface area contributed by atoms with E-state index in [2.05, 4.69) is 4.74 Å². The Morgan fingerprint density at radius 1 is 0.471 bits per heavy atom. The molecule has 0 saturated heterocycles. The number of carboxylic acid groups (broad SMARTS) is 6. The van der Waals surface area contributed by atoms with Gasteiger partial charge in [0.25, 0.3) is 35.8 Å². The maximum atomic E-state index is 10.6. The van der Waals surface area contributed by atoms with Gasteiger partial charge in [0.1, 0.15) is 5.78 Å². The van der Waals surface area contributed by atoms with Crippen molar-refractivity contribution in [3.63, 3.8) is 0 Å². The van der Waals surface area contributed by atoms with E-state index in [0.29, 0.717) is 13.0 Å². The molecule has 0 fully saturated rings. The summed E-state index contributed by atoms with van der Waals surface area (Å²) in [5.41, 5.74) is 0. The third-order valence-electron chi connectivity index (χ3n) is 0.987. The molecule has 34 heavy (non-hydrogen) atoms. The lowest BCUT2D eigenvalue weighted by atomic mass is 10.2. The number of aliphatic carboxylic acids is 6. The largest absolute Gasteiger partial charge is 0.481 e. The molecule has 0 saturated carbocycles. The first kappa shape index (κ1) is 47.7.